The van der Waals surface area contributed by atoms with Gasteiger partial charge in [-0.2, -0.15) is 0 Å². The van der Waals surface area contributed by atoms with E-state index in [9.17, 15) is 13.2 Å². The van der Waals surface area contributed by atoms with Gasteiger partial charge in [0.25, 0.3) is 0 Å². The molecule has 1 aromatic heterocycles. The molecular weight excluding hydrogens is 278 g/mol. The van der Waals surface area contributed by atoms with Gasteiger partial charge in [0.1, 0.15) is 0 Å². The topological polar surface area (TPSA) is 80.2 Å². The van der Waals surface area contributed by atoms with Gasteiger partial charge in [-0.1, -0.05) is 20.8 Å². The minimum atomic E-state index is -3.39. The second kappa shape index (κ2) is 4.80. The predicted octanol–water partition coefficient (Wildman–Crippen LogP) is 0.811. The largest absolute Gasteiger partial charge is 0.337 e. The Kier molecular flexibility index (Phi) is 3.58. The number of carbonyl (C=O) groups excluding carboxylic acids is 1. The summed E-state index contributed by atoms with van der Waals surface area (Å²) in [4.78, 5) is 22.0. The maximum absolute atomic E-state index is 12.2. The number of rotatable bonds is 1. The highest BCUT2D eigenvalue weighted by Gasteiger charge is 2.30. The molecule has 1 aliphatic heterocycles. The van der Waals surface area contributed by atoms with Crippen molar-refractivity contribution in [3.63, 3.8) is 0 Å². The van der Waals surface area contributed by atoms with Crippen LogP contribution in [0, 0.1) is 5.41 Å². The first-order valence-electron chi connectivity index (χ1n) is 6.43. The summed E-state index contributed by atoms with van der Waals surface area (Å²) in [5.41, 5.74) is 1.12. The summed E-state index contributed by atoms with van der Waals surface area (Å²) < 4.78 is 22.9. The van der Waals surface area contributed by atoms with Crippen molar-refractivity contribution < 1.29 is 13.2 Å². The van der Waals surface area contributed by atoms with E-state index in [0.717, 1.165) is 17.5 Å². The summed E-state index contributed by atoms with van der Waals surface area (Å²) in [7, 11) is -3.39. The van der Waals surface area contributed by atoms with E-state index in [-0.39, 0.29) is 11.1 Å². The van der Waals surface area contributed by atoms with Gasteiger partial charge in [-0.05, 0) is 0 Å². The van der Waals surface area contributed by atoms with E-state index in [1.54, 1.807) is 4.90 Å². The third kappa shape index (κ3) is 2.98. The Balaban J connectivity index is 2.27. The van der Waals surface area contributed by atoms with Crippen LogP contribution in [0.5, 0.6) is 0 Å². The number of sulfone groups is 1. The molecule has 2 rings (SSSR count). The lowest BCUT2D eigenvalue weighted by atomic mass is 9.93. The van der Waals surface area contributed by atoms with Gasteiger partial charge in [0.05, 0.1) is 5.69 Å². The Morgan fingerprint density at radius 2 is 2.00 bits per heavy atom. The molecule has 0 aliphatic carbocycles. The molecule has 0 fully saturated rings. The van der Waals surface area contributed by atoms with Gasteiger partial charge in [-0.15, -0.1) is 0 Å². The standard InChI is InChI=1S/C13H19N3O3S/c1-13(2,3)11(17)16-6-5-10-9(8-16)7-14-12(15-10)20(4,18)19/h7H,5-6,8H2,1-4H3. The van der Waals surface area contributed by atoms with Crippen LogP contribution in [-0.2, 0) is 27.6 Å². The molecule has 0 bridgehead atoms. The second-order valence-electron chi connectivity index (χ2n) is 6.12. The highest BCUT2D eigenvalue weighted by Crippen LogP contribution is 2.23. The fourth-order valence-electron chi connectivity index (χ4n) is 2.12. The summed E-state index contributed by atoms with van der Waals surface area (Å²) in [5.74, 6) is 0.0790. The number of fused-ring (bicyclic) bond motifs is 1. The van der Waals surface area contributed by atoms with Crippen LogP contribution in [0.1, 0.15) is 32.0 Å². The lowest BCUT2D eigenvalue weighted by Gasteiger charge is -2.33. The number of carbonyl (C=O) groups is 1. The zero-order valence-electron chi connectivity index (χ0n) is 12.2. The Morgan fingerprint density at radius 3 is 2.55 bits per heavy atom. The molecule has 1 aromatic rings. The van der Waals surface area contributed by atoms with Crippen molar-refractivity contribution in [3.05, 3.63) is 17.5 Å². The Morgan fingerprint density at radius 1 is 1.35 bits per heavy atom. The van der Waals surface area contributed by atoms with Gasteiger partial charge in [0, 0.05) is 42.9 Å². The van der Waals surface area contributed by atoms with Crippen LogP contribution in [0.15, 0.2) is 11.4 Å². The number of hydrogen-bond donors (Lipinski definition) is 0. The third-order valence-corrected chi connectivity index (χ3v) is 4.03. The molecule has 7 heteroatoms. The second-order valence-corrected chi connectivity index (χ2v) is 8.03. The SMILES string of the molecule is CC(C)(C)C(=O)N1CCc2nc(S(C)(=O)=O)ncc2C1. The van der Waals surface area contributed by atoms with E-state index in [2.05, 4.69) is 9.97 Å². The monoisotopic (exact) mass is 297 g/mol. The third-order valence-electron chi connectivity index (χ3n) is 3.17. The molecule has 110 valence electrons. The van der Waals surface area contributed by atoms with Crippen LogP contribution < -0.4 is 0 Å². The first kappa shape index (κ1) is 14.9. The van der Waals surface area contributed by atoms with Crippen molar-refractivity contribution in [2.75, 3.05) is 12.8 Å². The van der Waals surface area contributed by atoms with Gasteiger partial charge < -0.3 is 4.90 Å². The van der Waals surface area contributed by atoms with Crippen molar-refractivity contribution in [2.45, 2.75) is 38.9 Å². The average Bonchev–Trinajstić information content (AvgIpc) is 2.34. The van der Waals surface area contributed by atoms with Gasteiger partial charge in [0.15, 0.2) is 0 Å². The average molecular weight is 297 g/mol. The molecule has 1 amide bonds. The summed E-state index contributed by atoms with van der Waals surface area (Å²) in [6, 6.07) is 0. The fraction of sp³-hybridized carbons (Fsp3) is 0.615. The molecule has 1 aliphatic rings. The first-order chi connectivity index (χ1) is 9.09. The molecule has 0 atom stereocenters. The lowest BCUT2D eigenvalue weighted by molar-refractivity contribution is -0.140. The van der Waals surface area contributed by atoms with E-state index in [1.165, 1.54) is 6.20 Å². The van der Waals surface area contributed by atoms with E-state index < -0.39 is 15.3 Å². The van der Waals surface area contributed by atoms with Crippen molar-refractivity contribution >= 4 is 15.7 Å². The van der Waals surface area contributed by atoms with Crippen molar-refractivity contribution in [1.29, 1.82) is 0 Å². The van der Waals surface area contributed by atoms with Gasteiger partial charge in [-0.25, -0.2) is 18.4 Å². The van der Waals surface area contributed by atoms with Crippen LogP contribution in [0.25, 0.3) is 0 Å². The molecule has 0 aromatic carbocycles. The zero-order valence-corrected chi connectivity index (χ0v) is 13.0. The summed E-state index contributed by atoms with van der Waals surface area (Å²) in [6.45, 7) is 6.65. The van der Waals surface area contributed by atoms with Crippen LogP contribution in [0.2, 0.25) is 0 Å². The number of aromatic nitrogens is 2. The van der Waals surface area contributed by atoms with Crippen molar-refractivity contribution in [3.8, 4) is 0 Å². The number of nitrogens with zero attached hydrogens (tertiary/aromatic N) is 3. The summed E-state index contributed by atoms with van der Waals surface area (Å²) >= 11 is 0. The minimum Gasteiger partial charge on any atom is -0.337 e. The van der Waals surface area contributed by atoms with E-state index in [0.29, 0.717) is 19.5 Å². The summed E-state index contributed by atoms with van der Waals surface area (Å²) in [6.07, 6.45) is 3.16. The number of hydrogen-bond acceptors (Lipinski definition) is 5. The highest BCUT2D eigenvalue weighted by atomic mass is 32.2. The molecule has 0 spiro atoms. The smallest absolute Gasteiger partial charge is 0.246 e. The molecule has 2 heterocycles. The van der Waals surface area contributed by atoms with Crippen molar-refractivity contribution in [1.82, 2.24) is 14.9 Å². The van der Waals surface area contributed by atoms with E-state index in [1.807, 2.05) is 20.8 Å². The normalized spacial score (nSPS) is 15.9. The zero-order chi connectivity index (χ0) is 15.1. The molecule has 0 saturated carbocycles. The maximum Gasteiger partial charge on any atom is 0.246 e. The molecular formula is C13H19N3O3S. The molecule has 0 N–H and O–H groups in total. The first-order valence-corrected chi connectivity index (χ1v) is 8.32. The quantitative estimate of drug-likeness (QED) is 0.717. The minimum absolute atomic E-state index is 0.0790. The van der Waals surface area contributed by atoms with Crippen LogP contribution in [0.3, 0.4) is 0 Å². The Labute approximate surface area is 119 Å². The predicted molar refractivity (Wildman–Crippen MR) is 73.7 cm³/mol. The van der Waals surface area contributed by atoms with Gasteiger partial charge >= 0.3 is 0 Å². The fourth-order valence-corrected chi connectivity index (χ4v) is 2.64. The Hall–Kier alpha value is -1.50. The van der Waals surface area contributed by atoms with Crippen LogP contribution in [0.4, 0.5) is 0 Å². The van der Waals surface area contributed by atoms with Crippen LogP contribution >= 0.6 is 0 Å². The molecule has 0 unspecified atom stereocenters. The highest BCUT2D eigenvalue weighted by molar-refractivity contribution is 7.90. The molecule has 0 radical (unpaired) electrons. The Bertz CT molecular complexity index is 647. The molecule has 6 nitrogen and oxygen atoms in total. The lowest BCUT2D eigenvalue weighted by Crippen LogP contribution is -2.42. The van der Waals surface area contributed by atoms with Crippen molar-refractivity contribution in [2.24, 2.45) is 5.41 Å². The molecule has 20 heavy (non-hydrogen) atoms. The van der Waals surface area contributed by atoms with Gasteiger partial charge in [-0.3, -0.25) is 4.79 Å². The van der Waals surface area contributed by atoms with Crippen LogP contribution in [-0.4, -0.2) is 42.0 Å². The maximum atomic E-state index is 12.2. The van der Waals surface area contributed by atoms with E-state index in [4.69, 9.17) is 0 Å². The number of amides is 1. The summed E-state index contributed by atoms with van der Waals surface area (Å²) in [5, 5.41) is -0.146. The van der Waals surface area contributed by atoms with Gasteiger partial charge in [0.2, 0.25) is 20.9 Å². The van der Waals surface area contributed by atoms with E-state index >= 15 is 0 Å². The molecule has 0 saturated heterocycles.